The zero-order chi connectivity index (χ0) is 9.97. The zero-order valence-electron chi connectivity index (χ0n) is 7.60. The second-order valence-corrected chi connectivity index (χ2v) is 4.14. The van der Waals surface area contributed by atoms with Crippen LogP contribution < -0.4 is 0 Å². The van der Waals surface area contributed by atoms with E-state index in [9.17, 15) is 4.79 Å². The average Bonchev–Trinajstić information content (AvgIpc) is 2.69. The van der Waals surface area contributed by atoms with E-state index >= 15 is 0 Å². The van der Waals surface area contributed by atoms with Gasteiger partial charge in [0, 0.05) is 12.0 Å². The molecule has 1 aliphatic heterocycles. The van der Waals surface area contributed by atoms with Crippen LogP contribution in [0.25, 0.3) is 0 Å². The van der Waals surface area contributed by atoms with E-state index in [2.05, 4.69) is 4.98 Å². The molecular weight excluding hydrogens is 202 g/mol. The maximum atomic E-state index is 10.4. The van der Waals surface area contributed by atoms with E-state index in [0.717, 1.165) is 24.5 Å². The quantitative estimate of drug-likeness (QED) is 0.828. The van der Waals surface area contributed by atoms with E-state index in [4.69, 9.17) is 9.84 Å². The van der Waals surface area contributed by atoms with Gasteiger partial charge < -0.3 is 9.84 Å². The lowest BCUT2D eigenvalue weighted by Gasteiger charge is -2.03. The number of aromatic nitrogens is 1. The third-order valence-electron chi connectivity index (χ3n) is 2.11. The van der Waals surface area contributed by atoms with Gasteiger partial charge in [0.1, 0.15) is 11.1 Å². The summed E-state index contributed by atoms with van der Waals surface area (Å²) in [6.45, 7) is 0.790. The molecule has 2 heterocycles. The molecule has 0 spiro atoms. The SMILES string of the molecule is O=C(O)Cc1csc(C2CCCO2)n1. The van der Waals surface area contributed by atoms with E-state index in [1.807, 2.05) is 0 Å². The summed E-state index contributed by atoms with van der Waals surface area (Å²) >= 11 is 1.49. The van der Waals surface area contributed by atoms with Crippen LogP contribution >= 0.6 is 11.3 Å². The topological polar surface area (TPSA) is 59.4 Å². The first kappa shape index (κ1) is 9.61. The standard InChI is InChI=1S/C9H11NO3S/c11-8(12)4-6-5-14-9(10-6)7-2-1-3-13-7/h5,7H,1-4H2,(H,11,12). The largest absolute Gasteiger partial charge is 0.481 e. The van der Waals surface area contributed by atoms with Crippen LogP contribution in [0.2, 0.25) is 0 Å². The predicted octanol–water partition coefficient (Wildman–Crippen LogP) is 1.62. The van der Waals surface area contributed by atoms with Gasteiger partial charge in [0.25, 0.3) is 0 Å². The van der Waals surface area contributed by atoms with Gasteiger partial charge in [-0.2, -0.15) is 0 Å². The van der Waals surface area contributed by atoms with Crippen LogP contribution in [-0.4, -0.2) is 22.7 Å². The van der Waals surface area contributed by atoms with Crippen LogP contribution in [0.1, 0.15) is 29.6 Å². The summed E-state index contributed by atoms with van der Waals surface area (Å²) in [4.78, 5) is 14.7. The van der Waals surface area contributed by atoms with Crippen molar-refractivity contribution >= 4 is 17.3 Å². The number of carboxylic acid groups (broad SMARTS) is 1. The van der Waals surface area contributed by atoms with Crippen molar-refractivity contribution < 1.29 is 14.6 Å². The average molecular weight is 213 g/mol. The molecule has 0 bridgehead atoms. The molecule has 0 aromatic carbocycles. The summed E-state index contributed by atoms with van der Waals surface area (Å²) in [7, 11) is 0. The first-order valence-electron chi connectivity index (χ1n) is 4.53. The first-order chi connectivity index (χ1) is 6.75. The van der Waals surface area contributed by atoms with Gasteiger partial charge in [-0.15, -0.1) is 11.3 Å². The van der Waals surface area contributed by atoms with Gasteiger partial charge in [-0.05, 0) is 12.8 Å². The molecule has 4 nitrogen and oxygen atoms in total. The molecule has 5 heteroatoms. The highest BCUT2D eigenvalue weighted by Crippen LogP contribution is 2.30. The van der Waals surface area contributed by atoms with Gasteiger partial charge in [-0.1, -0.05) is 0 Å². The Morgan fingerprint density at radius 1 is 1.79 bits per heavy atom. The minimum Gasteiger partial charge on any atom is -0.481 e. The van der Waals surface area contributed by atoms with Crippen molar-refractivity contribution in [2.24, 2.45) is 0 Å². The molecule has 1 aromatic rings. The monoisotopic (exact) mass is 213 g/mol. The summed E-state index contributed by atoms with van der Waals surface area (Å²) in [5.41, 5.74) is 0.632. The van der Waals surface area contributed by atoms with Crippen LogP contribution in [-0.2, 0) is 16.0 Å². The van der Waals surface area contributed by atoms with E-state index in [1.54, 1.807) is 5.38 Å². The lowest BCUT2D eigenvalue weighted by molar-refractivity contribution is -0.136. The molecule has 1 fully saturated rings. The van der Waals surface area contributed by atoms with Gasteiger partial charge in [-0.3, -0.25) is 4.79 Å². The van der Waals surface area contributed by atoms with Crippen LogP contribution in [0.4, 0.5) is 0 Å². The molecule has 0 radical (unpaired) electrons. The fourth-order valence-corrected chi connectivity index (χ4v) is 2.38. The maximum absolute atomic E-state index is 10.4. The maximum Gasteiger partial charge on any atom is 0.309 e. The molecule has 14 heavy (non-hydrogen) atoms. The highest BCUT2D eigenvalue weighted by Gasteiger charge is 2.21. The van der Waals surface area contributed by atoms with Crippen molar-refractivity contribution in [3.05, 3.63) is 16.1 Å². The van der Waals surface area contributed by atoms with Gasteiger partial charge in [0.05, 0.1) is 12.1 Å². The molecule has 1 N–H and O–H groups in total. The van der Waals surface area contributed by atoms with Crippen LogP contribution in [0.3, 0.4) is 0 Å². The summed E-state index contributed by atoms with van der Waals surface area (Å²) in [6.07, 6.45) is 2.17. The number of hydrogen-bond donors (Lipinski definition) is 1. The van der Waals surface area contributed by atoms with Crippen LogP contribution in [0.15, 0.2) is 5.38 Å². The summed E-state index contributed by atoms with van der Waals surface area (Å²) < 4.78 is 5.46. The van der Waals surface area contributed by atoms with Crippen LogP contribution in [0, 0.1) is 0 Å². The summed E-state index contributed by atoms with van der Waals surface area (Å²) in [5.74, 6) is -0.839. The van der Waals surface area contributed by atoms with Crippen molar-refractivity contribution in [2.45, 2.75) is 25.4 Å². The van der Waals surface area contributed by atoms with Gasteiger partial charge in [-0.25, -0.2) is 4.98 Å². The fourth-order valence-electron chi connectivity index (χ4n) is 1.48. The molecule has 1 aromatic heterocycles. The predicted molar refractivity (Wildman–Crippen MR) is 51.4 cm³/mol. The molecule has 0 saturated carbocycles. The Morgan fingerprint density at radius 2 is 2.64 bits per heavy atom. The lowest BCUT2D eigenvalue weighted by Crippen LogP contribution is -2.01. The van der Waals surface area contributed by atoms with Gasteiger partial charge in [0.15, 0.2) is 0 Å². The van der Waals surface area contributed by atoms with Crippen molar-refractivity contribution in [1.29, 1.82) is 0 Å². The summed E-state index contributed by atoms with van der Waals surface area (Å²) in [5, 5.41) is 11.3. The van der Waals surface area contributed by atoms with E-state index in [0.29, 0.717) is 5.69 Å². The molecule has 1 aliphatic rings. The minimum atomic E-state index is -0.839. The van der Waals surface area contributed by atoms with Crippen molar-refractivity contribution in [3.63, 3.8) is 0 Å². The van der Waals surface area contributed by atoms with E-state index in [1.165, 1.54) is 11.3 Å². The number of nitrogens with zero attached hydrogens (tertiary/aromatic N) is 1. The Hall–Kier alpha value is -0.940. The number of carboxylic acids is 1. The molecule has 0 amide bonds. The fraction of sp³-hybridized carbons (Fsp3) is 0.556. The normalized spacial score (nSPS) is 21.3. The third-order valence-corrected chi connectivity index (χ3v) is 3.09. The van der Waals surface area contributed by atoms with Gasteiger partial charge >= 0.3 is 5.97 Å². The Morgan fingerprint density at radius 3 is 3.29 bits per heavy atom. The highest BCUT2D eigenvalue weighted by atomic mass is 32.1. The number of thiazole rings is 1. The Bertz CT molecular complexity index is 331. The number of aliphatic carboxylic acids is 1. The summed E-state index contributed by atoms with van der Waals surface area (Å²) in [6, 6.07) is 0. The first-order valence-corrected chi connectivity index (χ1v) is 5.41. The molecule has 76 valence electrons. The molecule has 1 unspecified atom stereocenters. The number of rotatable bonds is 3. The van der Waals surface area contributed by atoms with E-state index in [-0.39, 0.29) is 12.5 Å². The van der Waals surface area contributed by atoms with Crippen molar-refractivity contribution in [2.75, 3.05) is 6.61 Å². The molecule has 1 atom stereocenters. The second-order valence-electron chi connectivity index (χ2n) is 3.25. The smallest absolute Gasteiger partial charge is 0.309 e. The third kappa shape index (κ3) is 2.10. The number of carbonyl (C=O) groups is 1. The Labute approximate surface area is 85.5 Å². The minimum absolute atomic E-state index is 0.00319. The highest BCUT2D eigenvalue weighted by molar-refractivity contribution is 7.09. The van der Waals surface area contributed by atoms with Crippen molar-refractivity contribution in [1.82, 2.24) is 4.98 Å². The zero-order valence-corrected chi connectivity index (χ0v) is 8.42. The van der Waals surface area contributed by atoms with Crippen molar-refractivity contribution in [3.8, 4) is 0 Å². The molecule has 0 aliphatic carbocycles. The Balaban J connectivity index is 2.05. The van der Waals surface area contributed by atoms with E-state index < -0.39 is 5.97 Å². The molecule has 2 rings (SSSR count). The number of hydrogen-bond acceptors (Lipinski definition) is 4. The molecular formula is C9H11NO3S. The van der Waals surface area contributed by atoms with Gasteiger partial charge in [0.2, 0.25) is 0 Å². The van der Waals surface area contributed by atoms with Crippen LogP contribution in [0.5, 0.6) is 0 Å². The second kappa shape index (κ2) is 4.06. The number of ether oxygens (including phenoxy) is 1. The Kier molecular flexibility index (Phi) is 2.79. The lowest BCUT2D eigenvalue weighted by atomic mass is 10.2. The molecule has 1 saturated heterocycles.